The Morgan fingerprint density at radius 3 is 2.59 bits per heavy atom. The second-order valence-electron chi connectivity index (χ2n) is 7.58. The molecule has 0 spiro atoms. The predicted octanol–water partition coefficient (Wildman–Crippen LogP) is 3.92. The number of hydrogen-bond donors (Lipinski definition) is 0. The van der Waals surface area contributed by atoms with E-state index in [1.54, 1.807) is 0 Å². The van der Waals surface area contributed by atoms with Crippen molar-refractivity contribution in [2.45, 2.75) is 59.5 Å². The van der Waals surface area contributed by atoms with Crippen LogP contribution in [0.5, 0.6) is 0 Å². The smallest absolute Gasteiger partial charge is 0.225 e. The summed E-state index contributed by atoms with van der Waals surface area (Å²) in [6.45, 7) is 12.0. The number of carbonyl (C=O) groups excluding carboxylic acids is 1. The van der Waals surface area contributed by atoms with Gasteiger partial charge in [-0.05, 0) is 58.3 Å². The number of amides is 1. The maximum atomic E-state index is 12.8. The third kappa shape index (κ3) is 4.52. The molecule has 27 heavy (non-hydrogen) atoms. The molecule has 1 aromatic carbocycles. The van der Waals surface area contributed by atoms with Crippen molar-refractivity contribution in [1.29, 1.82) is 0 Å². The summed E-state index contributed by atoms with van der Waals surface area (Å²) in [6.07, 6.45) is 4.17. The molecule has 0 atom stereocenters. The average molecular weight is 371 g/mol. The van der Waals surface area contributed by atoms with E-state index < -0.39 is 0 Å². The Bertz CT molecular complexity index is 746. The normalized spacial score (nSPS) is 16.1. The average Bonchev–Trinajstić information content (AvgIpc) is 3.05. The van der Waals surface area contributed by atoms with Crippen molar-refractivity contribution in [3.63, 3.8) is 0 Å². The summed E-state index contributed by atoms with van der Waals surface area (Å²) < 4.78 is 2.32. The lowest BCUT2D eigenvalue weighted by atomic mass is 9.95. The first-order valence-corrected chi connectivity index (χ1v) is 10.6. The van der Waals surface area contributed by atoms with Gasteiger partial charge in [0.05, 0.1) is 17.6 Å². The number of likely N-dealkylation sites (tertiary alicyclic amines) is 1. The van der Waals surface area contributed by atoms with E-state index in [2.05, 4.69) is 53.3 Å². The Hall–Kier alpha value is -1.88. The fraction of sp³-hybridized carbons (Fsp3) is 0.636. The SMILES string of the molecule is CCCCN(CC)C(=O)C1CCN(Cc2nc3ccccc3n2CC)CC1. The number of piperidine rings is 1. The standard InChI is InChI=1S/C22H34N4O/c1-4-7-14-25(5-2)22(27)18-12-15-24(16-13-18)17-21-23-19-10-8-9-11-20(19)26(21)6-3/h8-11,18H,4-7,12-17H2,1-3H3. The van der Waals surface area contributed by atoms with E-state index in [1.807, 2.05) is 6.07 Å². The zero-order valence-corrected chi connectivity index (χ0v) is 17.2. The van der Waals surface area contributed by atoms with Crippen LogP contribution in [0.3, 0.4) is 0 Å². The topological polar surface area (TPSA) is 41.4 Å². The summed E-state index contributed by atoms with van der Waals surface area (Å²) in [7, 11) is 0. The monoisotopic (exact) mass is 370 g/mol. The number of unbranched alkanes of at least 4 members (excludes halogenated alkanes) is 1. The Morgan fingerprint density at radius 1 is 1.19 bits per heavy atom. The molecule has 2 heterocycles. The molecule has 5 heteroatoms. The van der Waals surface area contributed by atoms with E-state index in [0.29, 0.717) is 5.91 Å². The summed E-state index contributed by atoms with van der Waals surface area (Å²) in [5.41, 5.74) is 2.29. The van der Waals surface area contributed by atoms with Gasteiger partial charge in [-0.3, -0.25) is 9.69 Å². The number of nitrogens with zero attached hydrogens (tertiary/aromatic N) is 4. The van der Waals surface area contributed by atoms with Crippen molar-refractivity contribution in [3.05, 3.63) is 30.1 Å². The Labute approximate surface area is 163 Å². The van der Waals surface area contributed by atoms with Crippen LogP contribution >= 0.6 is 0 Å². The van der Waals surface area contributed by atoms with Crippen LogP contribution in [-0.4, -0.2) is 51.4 Å². The minimum Gasteiger partial charge on any atom is -0.343 e. The molecule has 148 valence electrons. The Kier molecular flexibility index (Phi) is 6.89. The molecule has 0 saturated carbocycles. The summed E-state index contributed by atoms with van der Waals surface area (Å²) in [4.78, 5) is 22.2. The largest absolute Gasteiger partial charge is 0.343 e. The van der Waals surface area contributed by atoms with Crippen LogP contribution < -0.4 is 0 Å². The first kappa shape index (κ1) is 19.9. The predicted molar refractivity (Wildman–Crippen MR) is 111 cm³/mol. The maximum absolute atomic E-state index is 12.8. The number of fused-ring (bicyclic) bond motifs is 1. The number of aromatic nitrogens is 2. The third-order valence-corrected chi connectivity index (χ3v) is 5.83. The number of benzene rings is 1. The fourth-order valence-corrected chi connectivity index (χ4v) is 4.17. The lowest BCUT2D eigenvalue weighted by Crippen LogP contribution is -2.42. The minimum atomic E-state index is 0.197. The number of carbonyl (C=O) groups is 1. The zero-order valence-electron chi connectivity index (χ0n) is 17.2. The molecule has 1 aromatic heterocycles. The summed E-state index contributed by atoms with van der Waals surface area (Å²) >= 11 is 0. The Balaban J connectivity index is 1.59. The van der Waals surface area contributed by atoms with Crippen LogP contribution in [0.25, 0.3) is 11.0 Å². The van der Waals surface area contributed by atoms with Crippen molar-refractivity contribution in [1.82, 2.24) is 19.4 Å². The van der Waals surface area contributed by atoms with Crippen molar-refractivity contribution in [2.24, 2.45) is 5.92 Å². The van der Waals surface area contributed by atoms with Crippen molar-refractivity contribution in [3.8, 4) is 0 Å². The summed E-state index contributed by atoms with van der Waals surface area (Å²) in [6, 6.07) is 8.37. The maximum Gasteiger partial charge on any atom is 0.225 e. The first-order chi connectivity index (χ1) is 13.2. The Morgan fingerprint density at radius 2 is 1.93 bits per heavy atom. The number of hydrogen-bond acceptors (Lipinski definition) is 3. The van der Waals surface area contributed by atoms with Gasteiger partial charge in [0.1, 0.15) is 5.82 Å². The van der Waals surface area contributed by atoms with Gasteiger partial charge in [-0.15, -0.1) is 0 Å². The van der Waals surface area contributed by atoms with E-state index in [4.69, 9.17) is 4.98 Å². The highest BCUT2D eigenvalue weighted by Gasteiger charge is 2.28. The lowest BCUT2D eigenvalue weighted by molar-refractivity contribution is -0.137. The van der Waals surface area contributed by atoms with E-state index in [9.17, 15) is 4.79 Å². The van der Waals surface area contributed by atoms with Gasteiger partial charge in [0.2, 0.25) is 5.91 Å². The van der Waals surface area contributed by atoms with Gasteiger partial charge < -0.3 is 9.47 Å². The van der Waals surface area contributed by atoms with Gasteiger partial charge in [0.15, 0.2) is 0 Å². The van der Waals surface area contributed by atoms with E-state index in [1.165, 1.54) is 5.52 Å². The lowest BCUT2D eigenvalue weighted by Gasteiger charge is -2.34. The number of aryl methyl sites for hydroxylation is 1. The molecule has 1 amide bonds. The number of imidazole rings is 1. The molecule has 1 saturated heterocycles. The van der Waals surface area contributed by atoms with Gasteiger partial charge in [-0.25, -0.2) is 4.98 Å². The van der Waals surface area contributed by atoms with Crippen molar-refractivity contribution >= 4 is 16.9 Å². The van der Waals surface area contributed by atoms with Crippen LogP contribution in [-0.2, 0) is 17.9 Å². The molecule has 0 unspecified atom stereocenters. The van der Waals surface area contributed by atoms with E-state index in [-0.39, 0.29) is 5.92 Å². The van der Waals surface area contributed by atoms with Crippen LogP contribution in [0, 0.1) is 5.92 Å². The molecule has 0 aliphatic carbocycles. The fourth-order valence-electron chi connectivity index (χ4n) is 4.17. The number of para-hydroxylation sites is 2. The molecule has 0 N–H and O–H groups in total. The number of rotatable bonds is 8. The highest BCUT2D eigenvalue weighted by atomic mass is 16.2. The summed E-state index contributed by atoms with van der Waals surface area (Å²) in [5.74, 6) is 1.70. The molecule has 3 rings (SSSR count). The highest BCUT2D eigenvalue weighted by molar-refractivity contribution is 5.79. The van der Waals surface area contributed by atoms with Crippen LogP contribution in [0.1, 0.15) is 52.3 Å². The van der Waals surface area contributed by atoms with E-state index in [0.717, 1.165) is 76.3 Å². The van der Waals surface area contributed by atoms with E-state index >= 15 is 0 Å². The van der Waals surface area contributed by atoms with Crippen LogP contribution in [0.15, 0.2) is 24.3 Å². The zero-order chi connectivity index (χ0) is 19.2. The quantitative estimate of drug-likeness (QED) is 0.707. The van der Waals surface area contributed by atoms with Crippen LogP contribution in [0.2, 0.25) is 0 Å². The molecule has 0 radical (unpaired) electrons. The third-order valence-electron chi connectivity index (χ3n) is 5.83. The molecule has 1 aliphatic rings. The second-order valence-corrected chi connectivity index (χ2v) is 7.58. The van der Waals surface area contributed by atoms with Gasteiger partial charge in [0.25, 0.3) is 0 Å². The van der Waals surface area contributed by atoms with Crippen molar-refractivity contribution < 1.29 is 4.79 Å². The molecule has 1 fully saturated rings. The molecule has 5 nitrogen and oxygen atoms in total. The van der Waals surface area contributed by atoms with Gasteiger partial charge in [0, 0.05) is 25.6 Å². The second kappa shape index (κ2) is 9.36. The minimum absolute atomic E-state index is 0.197. The molecular weight excluding hydrogens is 336 g/mol. The van der Waals surface area contributed by atoms with Gasteiger partial charge in [-0.1, -0.05) is 25.5 Å². The molecule has 0 bridgehead atoms. The molecule has 1 aliphatic heterocycles. The van der Waals surface area contributed by atoms with Crippen molar-refractivity contribution in [2.75, 3.05) is 26.2 Å². The molecule has 2 aromatic rings. The molecular formula is C22H34N4O. The first-order valence-electron chi connectivity index (χ1n) is 10.6. The van der Waals surface area contributed by atoms with Gasteiger partial charge in [-0.2, -0.15) is 0 Å². The van der Waals surface area contributed by atoms with Gasteiger partial charge >= 0.3 is 0 Å². The van der Waals surface area contributed by atoms with Crippen LogP contribution in [0.4, 0.5) is 0 Å². The summed E-state index contributed by atoms with van der Waals surface area (Å²) in [5, 5.41) is 0. The highest BCUT2D eigenvalue weighted by Crippen LogP contribution is 2.23.